The van der Waals surface area contributed by atoms with Gasteiger partial charge in [-0.2, -0.15) is 0 Å². The number of carbonyl (C=O) groups excluding carboxylic acids is 1. The van der Waals surface area contributed by atoms with E-state index in [1.165, 1.54) is 0 Å². The summed E-state index contributed by atoms with van der Waals surface area (Å²) in [5.74, 6) is 0. The largest absolute Gasteiger partial charge is 0.449 e. The molecule has 0 aliphatic carbocycles. The summed E-state index contributed by atoms with van der Waals surface area (Å²) in [5.41, 5.74) is 0.443. The molecule has 0 aliphatic rings. The van der Waals surface area contributed by atoms with Crippen LogP contribution >= 0.6 is 39.1 Å². The Morgan fingerprint density at radius 3 is 2.88 bits per heavy atom. The van der Waals surface area contributed by atoms with Gasteiger partial charge in [-0.15, -0.1) is 0 Å². The van der Waals surface area contributed by atoms with Crippen LogP contribution in [0.15, 0.2) is 18.2 Å². The highest BCUT2D eigenvalue weighted by molar-refractivity contribution is 9.09. The summed E-state index contributed by atoms with van der Waals surface area (Å²) in [7, 11) is 0. The summed E-state index contributed by atoms with van der Waals surface area (Å²) >= 11 is 14.9. The minimum atomic E-state index is -0.537. The molecule has 88 valence electrons. The first-order valence-corrected chi connectivity index (χ1v) is 6.46. The second-order valence-corrected chi connectivity index (χ2v) is 4.56. The zero-order valence-corrected chi connectivity index (χ0v) is 11.4. The molecule has 0 unspecified atom stereocenters. The second-order valence-electron chi connectivity index (χ2n) is 2.93. The molecular weight excluding hydrogens is 317 g/mol. The maximum absolute atomic E-state index is 11.3. The van der Waals surface area contributed by atoms with Crippen LogP contribution in [0.3, 0.4) is 0 Å². The molecule has 0 aliphatic heterocycles. The van der Waals surface area contributed by atoms with Crippen LogP contribution in [-0.4, -0.2) is 18.0 Å². The number of halogens is 3. The molecule has 3 nitrogen and oxygen atoms in total. The molecule has 0 saturated carbocycles. The SMILES string of the molecule is O=C(Nc1cc(Cl)ccc1Cl)OCCCBr. The number of rotatable bonds is 4. The standard InChI is InChI=1S/C10H10BrCl2NO2/c11-4-1-5-16-10(15)14-9-6-7(12)2-3-8(9)13/h2-3,6H,1,4-5H2,(H,14,15). The van der Waals surface area contributed by atoms with E-state index in [1.54, 1.807) is 18.2 Å². The zero-order valence-electron chi connectivity index (χ0n) is 8.30. The van der Waals surface area contributed by atoms with Crippen molar-refractivity contribution in [1.29, 1.82) is 0 Å². The van der Waals surface area contributed by atoms with E-state index in [-0.39, 0.29) is 0 Å². The Hall–Kier alpha value is -0.450. The smallest absolute Gasteiger partial charge is 0.411 e. The lowest BCUT2D eigenvalue weighted by Gasteiger charge is -2.08. The van der Waals surface area contributed by atoms with Crippen molar-refractivity contribution in [2.75, 3.05) is 17.3 Å². The topological polar surface area (TPSA) is 38.3 Å². The van der Waals surface area contributed by atoms with E-state index in [2.05, 4.69) is 21.2 Å². The van der Waals surface area contributed by atoms with E-state index in [9.17, 15) is 4.79 Å². The number of hydrogen-bond donors (Lipinski definition) is 1. The summed E-state index contributed by atoms with van der Waals surface area (Å²) in [5, 5.41) is 4.23. The average Bonchev–Trinajstić information content (AvgIpc) is 2.24. The van der Waals surface area contributed by atoms with Crippen molar-refractivity contribution in [3.05, 3.63) is 28.2 Å². The lowest BCUT2D eigenvalue weighted by molar-refractivity contribution is 0.162. The van der Waals surface area contributed by atoms with Crippen LogP contribution in [-0.2, 0) is 4.74 Å². The number of amides is 1. The fourth-order valence-corrected chi connectivity index (χ4v) is 1.52. The molecule has 1 N–H and O–H groups in total. The predicted octanol–water partition coefficient (Wildman–Crippen LogP) is 4.33. The molecule has 0 fully saturated rings. The number of nitrogens with one attached hydrogen (secondary N) is 1. The van der Waals surface area contributed by atoms with Gasteiger partial charge in [0.1, 0.15) is 0 Å². The Balaban J connectivity index is 2.52. The lowest BCUT2D eigenvalue weighted by atomic mass is 10.3. The van der Waals surface area contributed by atoms with Crippen molar-refractivity contribution in [2.24, 2.45) is 0 Å². The third-order valence-corrected chi connectivity index (χ3v) is 2.80. The number of hydrogen-bond acceptors (Lipinski definition) is 2. The molecule has 0 saturated heterocycles. The highest BCUT2D eigenvalue weighted by Gasteiger charge is 2.06. The van der Waals surface area contributed by atoms with Gasteiger partial charge < -0.3 is 4.74 Å². The fourth-order valence-electron chi connectivity index (χ4n) is 0.959. The first-order valence-electron chi connectivity index (χ1n) is 4.58. The summed E-state index contributed by atoms with van der Waals surface area (Å²) in [6.45, 7) is 0.356. The number of benzene rings is 1. The average molecular weight is 327 g/mol. The van der Waals surface area contributed by atoms with E-state index in [4.69, 9.17) is 27.9 Å². The van der Waals surface area contributed by atoms with Gasteiger partial charge >= 0.3 is 6.09 Å². The lowest BCUT2D eigenvalue weighted by Crippen LogP contribution is -2.14. The normalized spacial score (nSPS) is 9.94. The Kier molecular flexibility index (Phi) is 5.95. The van der Waals surface area contributed by atoms with E-state index in [0.29, 0.717) is 22.3 Å². The summed E-state index contributed by atoms with van der Waals surface area (Å²) < 4.78 is 4.90. The van der Waals surface area contributed by atoms with Crippen LogP contribution in [0.1, 0.15) is 6.42 Å². The van der Waals surface area contributed by atoms with Crippen molar-refractivity contribution in [1.82, 2.24) is 0 Å². The van der Waals surface area contributed by atoms with Crippen molar-refractivity contribution >= 4 is 50.9 Å². The summed E-state index contributed by atoms with van der Waals surface area (Å²) in [4.78, 5) is 11.3. The minimum Gasteiger partial charge on any atom is -0.449 e. The van der Waals surface area contributed by atoms with Crippen molar-refractivity contribution < 1.29 is 9.53 Å². The summed E-state index contributed by atoms with van der Waals surface area (Å²) in [6.07, 6.45) is 0.224. The van der Waals surface area contributed by atoms with Gasteiger partial charge in [-0.25, -0.2) is 4.79 Å². The van der Waals surface area contributed by atoms with Gasteiger partial charge in [-0.05, 0) is 24.6 Å². The predicted molar refractivity (Wildman–Crippen MR) is 69.8 cm³/mol. The van der Waals surface area contributed by atoms with Gasteiger partial charge in [-0.3, -0.25) is 5.32 Å². The van der Waals surface area contributed by atoms with Crippen molar-refractivity contribution in [2.45, 2.75) is 6.42 Å². The second kappa shape index (κ2) is 6.99. The molecule has 1 amide bonds. The van der Waals surface area contributed by atoms with Crippen LogP contribution in [0.25, 0.3) is 0 Å². The van der Waals surface area contributed by atoms with Crippen LogP contribution < -0.4 is 5.32 Å². The molecule has 1 aromatic rings. The molecule has 0 bridgehead atoms. The Morgan fingerprint density at radius 1 is 1.44 bits per heavy atom. The van der Waals surface area contributed by atoms with Gasteiger partial charge in [0.2, 0.25) is 0 Å². The Morgan fingerprint density at radius 2 is 2.19 bits per heavy atom. The van der Waals surface area contributed by atoms with Crippen LogP contribution in [0.2, 0.25) is 10.0 Å². The molecule has 0 aromatic heterocycles. The molecule has 16 heavy (non-hydrogen) atoms. The number of anilines is 1. The van der Waals surface area contributed by atoms with Gasteiger partial charge in [0.25, 0.3) is 0 Å². The summed E-state index contributed by atoms with van der Waals surface area (Å²) in [6, 6.07) is 4.82. The number of alkyl halides is 1. The quantitative estimate of drug-likeness (QED) is 0.660. The number of ether oxygens (including phenoxy) is 1. The first-order chi connectivity index (χ1) is 7.63. The molecule has 0 heterocycles. The maximum atomic E-state index is 11.3. The van der Waals surface area contributed by atoms with Gasteiger partial charge in [0, 0.05) is 10.4 Å². The Labute approximate surface area is 112 Å². The molecular formula is C10H10BrCl2NO2. The van der Waals surface area contributed by atoms with Crippen molar-refractivity contribution in [3.63, 3.8) is 0 Å². The van der Waals surface area contributed by atoms with Crippen LogP contribution in [0, 0.1) is 0 Å². The van der Waals surface area contributed by atoms with E-state index >= 15 is 0 Å². The first kappa shape index (κ1) is 13.6. The molecule has 1 rings (SSSR count). The highest BCUT2D eigenvalue weighted by Crippen LogP contribution is 2.25. The number of carbonyl (C=O) groups is 1. The van der Waals surface area contributed by atoms with Gasteiger partial charge in [0.05, 0.1) is 17.3 Å². The monoisotopic (exact) mass is 325 g/mol. The third kappa shape index (κ3) is 4.60. The highest BCUT2D eigenvalue weighted by atomic mass is 79.9. The third-order valence-electron chi connectivity index (χ3n) is 1.68. The molecule has 1 aromatic carbocycles. The van der Waals surface area contributed by atoms with Gasteiger partial charge in [0.15, 0.2) is 0 Å². The van der Waals surface area contributed by atoms with Crippen molar-refractivity contribution in [3.8, 4) is 0 Å². The Bertz CT molecular complexity index is 374. The van der Waals surface area contributed by atoms with E-state index < -0.39 is 6.09 Å². The van der Waals surface area contributed by atoms with E-state index in [1.807, 2.05) is 0 Å². The maximum Gasteiger partial charge on any atom is 0.411 e. The molecule has 6 heteroatoms. The van der Waals surface area contributed by atoms with Crippen LogP contribution in [0.4, 0.5) is 10.5 Å². The van der Waals surface area contributed by atoms with E-state index in [0.717, 1.165) is 11.8 Å². The molecule has 0 spiro atoms. The molecule has 0 atom stereocenters. The fraction of sp³-hybridized carbons (Fsp3) is 0.300. The van der Waals surface area contributed by atoms with Crippen LogP contribution in [0.5, 0.6) is 0 Å². The minimum absolute atomic E-state index is 0.356. The van der Waals surface area contributed by atoms with Gasteiger partial charge in [-0.1, -0.05) is 39.1 Å². The zero-order chi connectivity index (χ0) is 12.0. The molecule has 0 radical (unpaired) electrons.